The van der Waals surface area contributed by atoms with Gasteiger partial charge in [-0.3, -0.25) is 0 Å². The SMILES string of the molecule is CCOC1CC(NCC2CCCN2C)C12CCCCC2. The van der Waals surface area contributed by atoms with Crippen LogP contribution in [0, 0.1) is 5.41 Å². The summed E-state index contributed by atoms with van der Waals surface area (Å²) in [4.78, 5) is 2.53. The molecule has 2 aliphatic carbocycles. The van der Waals surface area contributed by atoms with Gasteiger partial charge in [-0.2, -0.15) is 0 Å². The average Bonchev–Trinajstić information content (AvgIpc) is 2.88. The lowest BCUT2D eigenvalue weighted by atomic mass is 9.55. The predicted molar refractivity (Wildman–Crippen MR) is 83.0 cm³/mol. The lowest BCUT2D eigenvalue weighted by molar-refractivity contribution is -0.150. The van der Waals surface area contributed by atoms with Gasteiger partial charge in [0.2, 0.25) is 0 Å². The third-order valence-corrected chi connectivity index (χ3v) is 6.21. The van der Waals surface area contributed by atoms with E-state index < -0.39 is 0 Å². The van der Waals surface area contributed by atoms with E-state index in [1.54, 1.807) is 0 Å². The average molecular weight is 280 g/mol. The second kappa shape index (κ2) is 6.33. The fourth-order valence-electron chi connectivity index (χ4n) is 4.87. The Labute approximate surface area is 124 Å². The highest BCUT2D eigenvalue weighted by atomic mass is 16.5. The van der Waals surface area contributed by atoms with Gasteiger partial charge in [0.15, 0.2) is 0 Å². The molecule has 0 amide bonds. The first kappa shape index (κ1) is 14.8. The molecule has 116 valence electrons. The Morgan fingerprint density at radius 1 is 1.20 bits per heavy atom. The van der Waals surface area contributed by atoms with Gasteiger partial charge in [0, 0.05) is 30.7 Å². The molecule has 0 bridgehead atoms. The first-order valence-electron chi connectivity index (χ1n) is 8.81. The van der Waals surface area contributed by atoms with Crippen molar-refractivity contribution >= 4 is 0 Å². The van der Waals surface area contributed by atoms with E-state index in [2.05, 4.69) is 24.2 Å². The van der Waals surface area contributed by atoms with Gasteiger partial charge >= 0.3 is 0 Å². The number of nitrogens with zero attached hydrogens (tertiary/aromatic N) is 1. The Kier molecular flexibility index (Phi) is 4.68. The molecule has 3 fully saturated rings. The first-order valence-corrected chi connectivity index (χ1v) is 8.81. The minimum Gasteiger partial charge on any atom is -0.378 e. The second-order valence-electron chi connectivity index (χ2n) is 7.21. The fraction of sp³-hybridized carbons (Fsp3) is 1.00. The summed E-state index contributed by atoms with van der Waals surface area (Å²) >= 11 is 0. The summed E-state index contributed by atoms with van der Waals surface area (Å²) in [5.41, 5.74) is 0.478. The van der Waals surface area contributed by atoms with Gasteiger partial charge in [-0.05, 0) is 52.6 Å². The van der Waals surface area contributed by atoms with Crippen LogP contribution in [0.15, 0.2) is 0 Å². The van der Waals surface area contributed by atoms with Crippen LogP contribution in [-0.4, -0.2) is 49.8 Å². The Hall–Kier alpha value is -0.120. The zero-order valence-corrected chi connectivity index (χ0v) is 13.4. The number of likely N-dealkylation sites (tertiary alicyclic amines) is 1. The van der Waals surface area contributed by atoms with Gasteiger partial charge in [-0.15, -0.1) is 0 Å². The van der Waals surface area contributed by atoms with Crippen molar-refractivity contribution in [1.82, 2.24) is 10.2 Å². The van der Waals surface area contributed by atoms with Crippen LogP contribution in [0.4, 0.5) is 0 Å². The molecule has 2 saturated carbocycles. The monoisotopic (exact) mass is 280 g/mol. The topological polar surface area (TPSA) is 24.5 Å². The van der Waals surface area contributed by atoms with E-state index in [1.165, 1.54) is 64.5 Å². The largest absolute Gasteiger partial charge is 0.378 e. The highest BCUT2D eigenvalue weighted by Crippen LogP contribution is 2.53. The van der Waals surface area contributed by atoms with Crippen LogP contribution in [0.3, 0.4) is 0 Å². The standard InChI is InChI=1S/C17H32N2O/c1-3-20-16-12-15(17(16)9-5-4-6-10-17)18-13-14-8-7-11-19(14)2/h14-16,18H,3-13H2,1-2H3. The molecule has 3 aliphatic rings. The van der Waals surface area contributed by atoms with Gasteiger partial charge in [-0.1, -0.05) is 19.3 Å². The van der Waals surface area contributed by atoms with Gasteiger partial charge in [-0.25, -0.2) is 0 Å². The smallest absolute Gasteiger partial charge is 0.0661 e. The molecule has 3 rings (SSSR count). The van der Waals surface area contributed by atoms with E-state index in [4.69, 9.17) is 4.74 Å². The summed E-state index contributed by atoms with van der Waals surface area (Å²) in [5, 5.41) is 3.92. The van der Waals surface area contributed by atoms with Gasteiger partial charge in [0.25, 0.3) is 0 Å². The Balaban J connectivity index is 1.55. The molecular formula is C17H32N2O. The maximum absolute atomic E-state index is 6.04. The van der Waals surface area contributed by atoms with Crippen molar-refractivity contribution in [3.63, 3.8) is 0 Å². The summed E-state index contributed by atoms with van der Waals surface area (Å²) in [6.07, 6.45) is 11.5. The molecule has 0 aromatic carbocycles. The Morgan fingerprint density at radius 2 is 2.00 bits per heavy atom. The third kappa shape index (κ3) is 2.65. The molecule has 3 heteroatoms. The fourth-order valence-corrected chi connectivity index (χ4v) is 4.87. The second-order valence-corrected chi connectivity index (χ2v) is 7.21. The molecule has 3 nitrogen and oxygen atoms in total. The highest BCUT2D eigenvalue weighted by Gasteiger charge is 2.55. The summed E-state index contributed by atoms with van der Waals surface area (Å²) < 4.78 is 6.04. The van der Waals surface area contributed by atoms with Crippen molar-refractivity contribution in [2.24, 2.45) is 5.41 Å². The molecule has 0 radical (unpaired) electrons. The van der Waals surface area contributed by atoms with E-state index >= 15 is 0 Å². The highest BCUT2D eigenvalue weighted by molar-refractivity contribution is 5.09. The maximum atomic E-state index is 6.04. The van der Waals surface area contributed by atoms with Crippen molar-refractivity contribution in [2.45, 2.75) is 76.5 Å². The van der Waals surface area contributed by atoms with Crippen molar-refractivity contribution in [3.8, 4) is 0 Å². The third-order valence-electron chi connectivity index (χ3n) is 6.21. The molecule has 0 aromatic rings. The molecule has 1 heterocycles. The molecule has 0 aromatic heterocycles. The van der Waals surface area contributed by atoms with Crippen molar-refractivity contribution in [1.29, 1.82) is 0 Å². The summed E-state index contributed by atoms with van der Waals surface area (Å²) in [6, 6.07) is 1.48. The van der Waals surface area contributed by atoms with Crippen LogP contribution < -0.4 is 5.32 Å². The van der Waals surface area contributed by atoms with Crippen LogP contribution in [0.2, 0.25) is 0 Å². The molecule has 1 N–H and O–H groups in total. The van der Waals surface area contributed by atoms with Crippen LogP contribution in [0.1, 0.15) is 58.3 Å². The quantitative estimate of drug-likeness (QED) is 0.838. The van der Waals surface area contributed by atoms with Crippen LogP contribution in [-0.2, 0) is 4.74 Å². The van der Waals surface area contributed by atoms with Gasteiger partial charge < -0.3 is 15.0 Å². The van der Waals surface area contributed by atoms with E-state index in [0.29, 0.717) is 17.6 Å². The summed E-state index contributed by atoms with van der Waals surface area (Å²) in [5.74, 6) is 0. The molecule has 1 aliphatic heterocycles. The Bertz CT molecular complexity index is 314. The maximum Gasteiger partial charge on any atom is 0.0661 e. The molecule has 3 unspecified atom stereocenters. The lowest BCUT2D eigenvalue weighted by Crippen LogP contribution is -2.65. The van der Waals surface area contributed by atoms with Crippen molar-refractivity contribution < 1.29 is 4.74 Å². The van der Waals surface area contributed by atoms with E-state index in [0.717, 1.165) is 12.6 Å². The summed E-state index contributed by atoms with van der Waals surface area (Å²) in [6.45, 7) is 5.49. The van der Waals surface area contributed by atoms with Crippen LogP contribution in [0.25, 0.3) is 0 Å². The zero-order chi connectivity index (χ0) is 14.0. The van der Waals surface area contributed by atoms with Crippen LogP contribution >= 0.6 is 0 Å². The molecule has 1 spiro atoms. The van der Waals surface area contributed by atoms with Crippen LogP contribution in [0.5, 0.6) is 0 Å². The van der Waals surface area contributed by atoms with Gasteiger partial charge in [0.05, 0.1) is 6.10 Å². The predicted octanol–water partition coefficient (Wildman–Crippen LogP) is 2.80. The number of rotatable bonds is 5. The Morgan fingerprint density at radius 3 is 2.65 bits per heavy atom. The van der Waals surface area contributed by atoms with E-state index in [-0.39, 0.29) is 0 Å². The number of ether oxygens (including phenoxy) is 1. The molecule has 1 saturated heterocycles. The minimum atomic E-state index is 0.478. The number of hydrogen-bond donors (Lipinski definition) is 1. The van der Waals surface area contributed by atoms with Gasteiger partial charge in [0.1, 0.15) is 0 Å². The van der Waals surface area contributed by atoms with Crippen molar-refractivity contribution in [2.75, 3.05) is 26.7 Å². The number of hydrogen-bond acceptors (Lipinski definition) is 3. The van der Waals surface area contributed by atoms with Crippen molar-refractivity contribution in [3.05, 3.63) is 0 Å². The summed E-state index contributed by atoms with van der Waals surface area (Å²) in [7, 11) is 2.28. The lowest BCUT2D eigenvalue weighted by Gasteiger charge is -2.58. The minimum absolute atomic E-state index is 0.478. The number of nitrogens with one attached hydrogen (secondary N) is 1. The molecular weight excluding hydrogens is 248 g/mol. The normalized spacial score (nSPS) is 37.2. The van der Waals surface area contributed by atoms with E-state index in [1.807, 2.05) is 0 Å². The molecule has 3 atom stereocenters. The first-order chi connectivity index (χ1) is 9.76. The zero-order valence-electron chi connectivity index (χ0n) is 13.4. The molecule has 20 heavy (non-hydrogen) atoms. The van der Waals surface area contributed by atoms with E-state index in [9.17, 15) is 0 Å². The number of likely N-dealkylation sites (N-methyl/N-ethyl adjacent to an activating group) is 1.